The Hall–Kier alpha value is -2.95. The molecule has 5 atom stereocenters. The number of piperidine rings is 1. The number of carbonyl (C=O) groups excluding carboxylic acids is 2. The van der Waals surface area contributed by atoms with E-state index in [-0.39, 0.29) is 41.4 Å². The fourth-order valence-corrected chi connectivity index (χ4v) is 6.93. The maximum absolute atomic E-state index is 13.4. The van der Waals surface area contributed by atoms with Crippen molar-refractivity contribution in [1.29, 1.82) is 0 Å². The van der Waals surface area contributed by atoms with E-state index in [4.69, 9.17) is 5.73 Å². The molecule has 0 spiro atoms. The summed E-state index contributed by atoms with van der Waals surface area (Å²) in [5.41, 5.74) is 8.61. The Morgan fingerprint density at radius 1 is 1.18 bits per heavy atom. The summed E-state index contributed by atoms with van der Waals surface area (Å²) in [4.78, 5) is 37.8. The maximum atomic E-state index is 13.4. The summed E-state index contributed by atoms with van der Waals surface area (Å²) >= 11 is 1.50. The number of nitrogens with zero attached hydrogens (tertiary/aromatic N) is 3. The number of aromatic nitrogens is 2. The van der Waals surface area contributed by atoms with Crippen LogP contribution in [0.2, 0.25) is 0 Å². The number of nitrogens with two attached hydrogens (primary N) is 1. The molecule has 5 N–H and O–H groups in total. The van der Waals surface area contributed by atoms with Crippen LogP contribution in [0.1, 0.15) is 25.7 Å². The predicted octanol–water partition coefficient (Wildman–Crippen LogP) is 1.93. The molecule has 3 amide bonds. The lowest BCUT2D eigenvalue weighted by Crippen LogP contribution is -2.62. The number of anilines is 1. The van der Waals surface area contributed by atoms with E-state index in [9.17, 15) is 9.59 Å². The van der Waals surface area contributed by atoms with Crippen molar-refractivity contribution in [1.82, 2.24) is 25.9 Å². The molecule has 3 unspecified atom stereocenters. The summed E-state index contributed by atoms with van der Waals surface area (Å²) in [5.74, 6) is 0.403. The topological polar surface area (TPSA) is 125 Å². The van der Waals surface area contributed by atoms with Gasteiger partial charge in [0.15, 0.2) is 0 Å². The van der Waals surface area contributed by atoms with Crippen molar-refractivity contribution in [3.8, 4) is 11.3 Å². The SMILES string of the molecule is N[C@H]1CCC[C@H]1NC(=O)C1=C2NC(=O)N(c3cc(-c4ccccc4)ncn3)C3CCNC(S1)C23. The van der Waals surface area contributed by atoms with E-state index >= 15 is 0 Å². The molecular formula is C24H27N7O2S. The lowest BCUT2D eigenvalue weighted by atomic mass is 9.86. The van der Waals surface area contributed by atoms with E-state index < -0.39 is 0 Å². The van der Waals surface area contributed by atoms with Crippen molar-refractivity contribution in [2.75, 3.05) is 11.4 Å². The smallest absolute Gasteiger partial charge is 0.327 e. The normalized spacial score (nSPS) is 30.2. The number of benzene rings is 1. The van der Waals surface area contributed by atoms with Gasteiger partial charge in [-0.1, -0.05) is 42.1 Å². The van der Waals surface area contributed by atoms with Gasteiger partial charge in [0.1, 0.15) is 12.1 Å². The largest absolute Gasteiger partial charge is 0.347 e. The monoisotopic (exact) mass is 477 g/mol. The van der Waals surface area contributed by atoms with Crippen LogP contribution in [0, 0.1) is 5.92 Å². The molecular weight excluding hydrogens is 450 g/mol. The zero-order valence-corrected chi connectivity index (χ0v) is 19.4. The molecule has 10 heteroatoms. The highest BCUT2D eigenvalue weighted by Crippen LogP contribution is 2.47. The van der Waals surface area contributed by atoms with Gasteiger partial charge in [-0.2, -0.15) is 0 Å². The van der Waals surface area contributed by atoms with Crippen LogP contribution in [0.4, 0.5) is 10.6 Å². The Balaban J connectivity index is 1.31. The summed E-state index contributed by atoms with van der Waals surface area (Å²) in [6, 6.07) is 11.3. The second-order valence-electron chi connectivity index (χ2n) is 9.22. The average molecular weight is 478 g/mol. The Morgan fingerprint density at radius 3 is 2.82 bits per heavy atom. The molecule has 2 saturated heterocycles. The van der Waals surface area contributed by atoms with Crippen molar-refractivity contribution < 1.29 is 9.59 Å². The number of nitrogens with one attached hydrogen (secondary N) is 3. The molecule has 176 valence electrons. The van der Waals surface area contributed by atoms with E-state index in [0.717, 1.165) is 49.2 Å². The van der Waals surface area contributed by atoms with Crippen LogP contribution >= 0.6 is 11.8 Å². The molecule has 0 radical (unpaired) electrons. The summed E-state index contributed by atoms with van der Waals surface area (Å²) in [7, 11) is 0. The minimum absolute atomic E-state index is 0.0119. The van der Waals surface area contributed by atoms with E-state index in [1.54, 1.807) is 4.90 Å². The van der Waals surface area contributed by atoms with Crippen LogP contribution < -0.4 is 26.6 Å². The van der Waals surface area contributed by atoms with Crippen molar-refractivity contribution in [3.05, 3.63) is 53.3 Å². The first-order chi connectivity index (χ1) is 16.6. The van der Waals surface area contributed by atoms with Gasteiger partial charge in [0.2, 0.25) is 0 Å². The molecule has 34 heavy (non-hydrogen) atoms. The van der Waals surface area contributed by atoms with E-state index in [1.807, 2.05) is 36.4 Å². The van der Waals surface area contributed by atoms with Crippen LogP contribution in [0.3, 0.4) is 0 Å². The minimum atomic E-state index is -0.264. The average Bonchev–Trinajstić information content (AvgIpc) is 3.44. The fraction of sp³-hybridized carbons (Fsp3) is 0.417. The van der Waals surface area contributed by atoms with Crippen molar-refractivity contribution in [2.24, 2.45) is 11.7 Å². The van der Waals surface area contributed by atoms with Gasteiger partial charge >= 0.3 is 6.03 Å². The van der Waals surface area contributed by atoms with E-state index in [0.29, 0.717) is 10.7 Å². The molecule has 2 aromatic rings. The van der Waals surface area contributed by atoms with Gasteiger partial charge in [0.25, 0.3) is 5.91 Å². The maximum Gasteiger partial charge on any atom is 0.327 e. The van der Waals surface area contributed by atoms with E-state index in [2.05, 4.69) is 25.9 Å². The lowest BCUT2D eigenvalue weighted by molar-refractivity contribution is -0.117. The minimum Gasteiger partial charge on any atom is -0.347 e. The molecule has 3 aliphatic heterocycles. The summed E-state index contributed by atoms with van der Waals surface area (Å²) in [5, 5.41) is 9.69. The van der Waals surface area contributed by atoms with Gasteiger partial charge in [-0.05, 0) is 32.2 Å². The number of amides is 3. The number of hydrogen-bond donors (Lipinski definition) is 4. The van der Waals surface area contributed by atoms with Gasteiger partial charge in [-0.25, -0.2) is 14.8 Å². The summed E-state index contributed by atoms with van der Waals surface area (Å²) in [6.07, 6.45) is 5.11. The molecule has 1 aliphatic carbocycles. The molecule has 0 bridgehead atoms. The molecule has 1 aromatic carbocycles. The highest BCUT2D eigenvalue weighted by Gasteiger charge is 2.52. The molecule has 1 aromatic heterocycles. The van der Waals surface area contributed by atoms with Gasteiger partial charge < -0.3 is 21.7 Å². The van der Waals surface area contributed by atoms with Crippen LogP contribution in [-0.4, -0.2) is 52.0 Å². The predicted molar refractivity (Wildman–Crippen MR) is 131 cm³/mol. The number of urea groups is 1. The van der Waals surface area contributed by atoms with Crippen LogP contribution in [0.25, 0.3) is 11.3 Å². The third-order valence-electron chi connectivity index (χ3n) is 7.20. The zero-order chi connectivity index (χ0) is 23.2. The highest BCUT2D eigenvalue weighted by atomic mass is 32.2. The standard InChI is InChI=1S/C24H27N7O2S/c25-14-7-4-8-15(14)29-22(32)21-20-19-17(9-10-26-23(19)34-21)31(24(33)30-20)18-11-16(27-12-28-18)13-5-2-1-3-6-13/h1-3,5-6,11-12,14-15,17,19,23,26H,4,7-10,25H2,(H,29,32)(H,30,33)/t14-,15+,17?,19?,23?/m0/s1. The summed E-state index contributed by atoms with van der Waals surface area (Å²) in [6.45, 7) is 0.759. The molecule has 4 heterocycles. The Kier molecular flexibility index (Phi) is 5.51. The summed E-state index contributed by atoms with van der Waals surface area (Å²) < 4.78 is 0. The number of carbonyl (C=O) groups is 2. The Morgan fingerprint density at radius 2 is 2.03 bits per heavy atom. The number of thioether (sulfide) groups is 1. The second-order valence-corrected chi connectivity index (χ2v) is 10.4. The van der Waals surface area contributed by atoms with Crippen LogP contribution in [0.5, 0.6) is 0 Å². The zero-order valence-electron chi connectivity index (χ0n) is 18.6. The van der Waals surface area contributed by atoms with Gasteiger partial charge in [0, 0.05) is 35.3 Å². The van der Waals surface area contributed by atoms with Gasteiger partial charge in [-0.15, -0.1) is 0 Å². The van der Waals surface area contributed by atoms with Gasteiger partial charge in [0.05, 0.1) is 22.0 Å². The van der Waals surface area contributed by atoms with Crippen molar-refractivity contribution >= 4 is 29.5 Å². The van der Waals surface area contributed by atoms with Crippen LogP contribution in [0.15, 0.2) is 53.3 Å². The number of rotatable bonds is 4. The lowest BCUT2D eigenvalue weighted by Gasteiger charge is -2.45. The van der Waals surface area contributed by atoms with Crippen molar-refractivity contribution in [3.63, 3.8) is 0 Å². The third-order valence-corrected chi connectivity index (χ3v) is 8.56. The molecule has 1 saturated carbocycles. The number of hydrogen-bond acceptors (Lipinski definition) is 7. The second kappa shape index (κ2) is 8.68. The molecule has 6 rings (SSSR count). The quantitative estimate of drug-likeness (QED) is 0.530. The first-order valence-electron chi connectivity index (χ1n) is 11.8. The Bertz CT molecular complexity index is 1160. The van der Waals surface area contributed by atoms with E-state index in [1.165, 1.54) is 18.1 Å². The molecule has 4 aliphatic rings. The van der Waals surface area contributed by atoms with Gasteiger partial charge in [-0.3, -0.25) is 9.69 Å². The highest BCUT2D eigenvalue weighted by molar-refractivity contribution is 8.04. The first kappa shape index (κ1) is 21.6. The first-order valence-corrected chi connectivity index (χ1v) is 12.7. The van der Waals surface area contributed by atoms with Crippen molar-refractivity contribution in [2.45, 2.75) is 49.2 Å². The molecule has 3 fully saturated rings. The molecule has 9 nitrogen and oxygen atoms in total. The third kappa shape index (κ3) is 3.66. The fourth-order valence-electron chi connectivity index (χ4n) is 5.54. The van der Waals surface area contributed by atoms with Crippen LogP contribution in [-0.2, 0) is 4.79 Å². The Labute approximate surface area is 202 Å².